The molecule has 0 fully saturated rings. The van der Waals surface area contributed by atoms with E-state index in [0.717, 1.165) is 35.3 Å². The van der Waals surface area contributed by atoms with Crippen molar-refractivity contribution in [3.63, 3.8) is 0 Å². The van der Waals surface area contributed by atoms with Crippen LogP contribution in [0.15, 0.2) is 29.4 Å². The molecule has 2 rings (SSSR count). The fourth-order valence-corrected chi connectivity index (χ4v) is 3.27. The zero-order chi connectivity index (χ0) is 15.9. The minimum Gasteiger partial charge on any atom is -0.342 e. The SMILES string of the molecule is Cc1cc(C)nc(SCCC[NH2+]Cc2c(F)cccc2Cl)n1. The normalized spacial score (nSPS) is 10.9. The lowest BCUT2D eigenvalue weighted by Gasteiger charge is -2.05. The second-order valence-corrected chi connectivity index (χ2v) is 6.59. The molecule has 0 aliphatic rings. The van der Waals surface area contributed by atoms with Crippen LogP contribution in [0, 0.1) is 19.7 Å². The van der Waals surface area contributed by atoms with Crippen LogP contribution in [-0.4, -0.2) is 22.3 Å². The largest absolute Gasteiger partial charge is 0.342 e. The molecule has 0 bridgehead atoms. The summed E-state index contributed by atoms with van der Waals surface area (Å²) in [5, 5.41) is 3.40. The van der Waals surface area contributed by atoms with Gasteiger partial charge in [-0.3, -0.25) is 0 Å². The molecule has 0 spiro atoms. The maximum Gasteiger partial charge on any atom is 0.187 e. The number of nitrogens with zero attached hydrogens (tertiary/aromatic N) is 2. The Kier molecular flexibility index (Phi) is 6.61. The molecule has 22 heavy (non-hydrogen) atoms. The summed E-state index contributed by atoms with van der Waals surface area (Å²) >= 11 is 7.66. The number of nitrogens with two attached hydrogens (primary N) is 1. The van der Waals surface area contributed by atoms with Crippen molar-refractivity contribution in [3.8, 4) is 0 Å². The first-order chi connectivity index (χ1) is 10.6. The van der Waals surface area contributed by atoms with Gasteiger partial charge in [-0.1, -0.05) is 29.4 Å². The van der Waals surface area contributed by atoms with E-state index in [1.807, 2.05) is 19.9 Å². The molecule has 0 aliphatic heterocycles. The molecule has 0 unspecified atom stereocenters. The number of aromatic nitrogens is 2. The summed E-state index contributed by atoms with van der Waals surface area (Å²) in [7, 11) is 0. The second kappa shape index (κ2) is 8.46. The van der Waals surface area contributed by atoms with E-state index in [-0.39, 0.29) is 5.82 Å². The minimum atomic E-state index is -0.234. The van der Waals surface area contributed by atoms with Gasteiger partial charge in [0.25, 0.3) is 0 Å². The third-order valence-corrected chi connectivity index (χ3v) is 4.44. The van der Waals surface area contributed by atoms with Crippen molar-refractivity contribution < 1.29 is 9.71 Å². The smallest absolute Gasteiger partial charge is 0.187 e. The van der Waals surface area contributed by atoms with Crippen LogP contribution in [0.2, 0.25) is 5.02 Å². The zero-order valence-electron chi connectivity index (χ0n) is 12.8. The first-order valence-corrected chi connectivity index (χ1v) is 8.62. The Morgan fingerprint density at radius 2 is 1.95 bits per heavy atom. The lowest BCUT2D eigenvalue weighted by atomic mass is 10.2. The lowest BCUT2D eigenvalue weighted by Crippen LogP contribution is -2.82. The van der Waals surface area contributed by atoms with Gasteiger partial charge in [-0.15, -0.1) is 0 Å². The van der Waals surface area contributed by atoms with E-state index >= 15 is 0 Å². The second-order valence-electron chi connectivity index (χ2n) is 5.12. The summed E-state index contributed by atoms with van der Waals surface area (Å²) in [5.74, 6) is 0.714. The van der Waals surface area contributed by atoms with Gasteiger partial charge >= 0.3 is 0 Å². The van der Waals surface area contributed by atoms with Crippen molar-refractivity contribution in [2.24, 2.45) is 0 Å². The van der Waals surface area contributed by atoms with Crippen LogP contribution >= 0.6 is 23.4 Å². The van der Waals surface area contributed by atoms with Crippen molar-refractivity contribution in [1.29, 1.82) is 0 Å². The Morgan fingerprint density at radius 1 is 1.23 bits per heavy atom. The summed E-state index contributed by atoms with van der Waals surface area (Å²) < 4.78 is 13.6. The van der Waals surface area contributed by atoms with Crippen molar-refractivity contribution in [1.82, 2.24) is 9.97 Å². The van der Waals surface area contributed by atoms with E-state index in [1.165, 1.54) is 6.07 Å². The highest BCUT2D eigenvalue weighted by molar-refractivity contribution is 7.99. The van der Waals surface area contributed by atoms with Crippen LogP contribution in [0.25, 0.3) is 0 Å². The van der Waals surface area contributed by atoms with Gasteiger partial charge in [-0.05, 0) is 32.0 Å². The number of thioether (sulfide) groups is 1. The lowest BCUT2D eigenvalue weighted by molar-refractivity contribution is -0.670. The molecule has 2 aromatic rings. The number of halogens is 2. The molecular formula is C16H20ClFN3S+. The fourth-order valence-electron chi connectivity index (χ4n) is 2.12. The highest BCUT2D eigenvalue weighted by Crippen LogP contribution is 2.17. The third-order valence-electron chi connectivity index (χ3n) is 3.16. The number of quaternary nitrogens is 1. The van der Waals surface area contributed by atoms with Gasteiger partial charge in [-0.25, -0.2) is 14.4 Å². The Bertz CT molecular complexity index is 596. The number of benzene rings is 1. The molecular weight excluding hydrogens is 321 g/mol. The van der Waals surface area contributed by atoms with Crippen LogP contribution in [0.1, 0.15) is 23.4 Å². The maximum atomic E-state index is 13.6. The van der Waals surface area contributed by atoms with E-state index in [4.69, 9.17) is 11.6 Å². The van der Waals surface area contributed by atoms with E-state index in [0.29, 0.717) is 17.1 Å². The summed E-state index contributed by atoms with van der Waals surface area (Å²) in [4.78, 5) is 8.79. The summed E-state index contributed by atoms with van der Waals surface area (Å²) in [5.41, 5.74) is 2.57. The third kappa shape index (κ3) is 5.23. The van der Waals surface area contributed by atoms with E-state index in [2.05, 4.69) is 15.3 Å². The van der Waals surface area contributed by atoms with Gasteiger partial charge in [0, 0.05) is 23.6 Å². The highest BCUT2D eigenvalue weighted by Gasteiger charge is 2.08. The number of hydrogen-bond acceptors (Lipinski definition) is 3. The monoisotopic (exact) mass is 340 g/mol. The van der Waals surface area contributed by atoms with E-state index < -0.39 is 0 Å². The molecule has 118 valence electrons. The van der Waals surface area contributed by atoms with Crippen molar-refractivity contribution in [2.45, 2.75) is 32.0 Å². The van der Waals surface area contributed by atoms with Gasteiger partial charge < -0.3 is 5.32 Å². The van der Waals surface area contributed by atoms with E-state index in [1.54, 1.807) is 23.9 Å². The van der Waals surface area contributed by atoms with Gasteiger partial charge in [-0.2, -0.15) is 0 Å². The molecule has 0 aliphatic carbocycles. The van der Waals surface area contributed by atoms with Gasteiger partial charge in [0.05, 0.1) is 17.1 Å². The maximum absolute atomic E-state index is 13.6. The molecule has 2 N–H and O–H groups in total. The van der Waals surface area contributed by atoms with Crippen LogP contribution in [0.4, 0.5) is 4.39 Å². The van der Waals surface area contributed by atoms with Crippen molar-refractivity contribution >= 4 is 23.4 Å². The fraction of sp³-hybridized carbons (Fsp3) is 0.375. The molecule has 0 amide bonds. The van der Waals surface area contributed by atoms with Crippen LogP contribution < -0.4 is 5.32 Å². The quantitative estimate of drug-likeness (QED) is 0.478. The number of aryl methyl sites for hydroxylation is 2. The molecule has 0 saturated heterocycles. The average molecular weight is 341 g/mol. The summed E-state index contributed by atoms with van der Waals surface area (Å²) in [6, 6.07) is 6.76. The molecule has 1 aromatic carbocycles. The minimum absolute atomic E-state index is 0.234. The first kappa shape index (κ1) is 17.2. The standard InChI is InChI=1S/C16H19ClFN3S/c1-11-9-12(2)21-16(20-11)22-8-4-7-19-10-13-14(17)5-3-6-15(13)18/h3,5-6,9,19H,4,7-8,10H2,1-2H3/p+1. The molecule has 6 heteroatoms. The van der Waals surface area contributed by atoms with Crippen molar-refractivity contribution in [3.05, 3.63) is 52.1 Å². The Labute approximate surface area is 139 Å². The Morgan fingerprint density at radius 3 is 2.64 bits per heavy atom. The number of rotatable bonds is 7. The molecule has 1 aromatic heterocycles. The Balaban J connectivity index is 1.69. The van der Waals surface area contributed by atoms with Crippen molar-refractivity contribution in [2.75, 3.05) is 12.3 Å². The predicted molar refractivity (Wildman–Crippen MR) is 88.8 cm³/mol. The van der Waals surface area contributed by atoms with Gasteiger partial charge in [0.2, 0.25) is 0 Å². The van der Waals surface area contributed by atoms with Crippen LogP contribution in [0.3, 0.4) is 0 Å². The molecule has 0 saturated carbocycles. The first-order valence-electron chi connectivity index (χ1n) is 7.26. The molecule has 1 heterocycles. The molecule has 3 nitrogen and oxygen atoms in total. The van der Waals surface area contributed by atoms with Gasteiger partial charge in [0.15, 0.2) is 5.16 Å². The topological polar surface area (TPSA) is 42.4 Å². The van der Waals surface area contributed by atoms with Gasteiger partial charge in [0.1, 0.15) is 12.4 Å². The average Bonchev–Trinajstić information content (AvgIpc) is 2.44. The summed E-state index contributed by atoms with van der Waals surface area (Å²) in [6.45, 7) is 5.44. The zero-order valence-corrected chi connectivity index (χ0v) is 14.3. The molecule has 0 atom stereocenters. The summed E-state index contributed by atoms with van der Waals surface area (Å²) in [6.07, 6.45) is 1.01. The van der Waals surface area contributed by atoms with Crippen LogP contribution in [0.5, 0.6) is 0 Å². The van der Waals surface area contributed by atoms with E-state index in [9.17, 15) is 4.39 Å². The van der Waals surface area contributed by atoms with Crippen LogP contribution in [-0.2, 0) is 6.54 Å². The number of hydrogen-bond donors (Lipinski definition) is 1. The predicted octanol–water partition coefficient (Wildman–Crippen LogP) is 3.13. The molecule has 0 radical (unpaired) electrons. The Hall–Kier alpha value is -1.17. The highest BCUT2D eigenvalue weighted by atomic mass is 35.5.